The number of hydrogen-bond donors (Lipinski definition) is 3. The van der Waals surface area contributed by atoms with Gasteiger partial charge >= 0.3 is 5.97 Å². The van der Waals surface area contributed by atoms with Gasteiger partial charge in [-0.15, -0.1) is 11.8 Å². The molecule has 3 aromatic heterocycles. The number of amides is 2. The Morgan fingerprint density at radius 3 is 2.83 bits per heavy atom. The zero-order valence-electron chi connectivity index (χ0n) is 21.0. The molecule has 0 aromatic carbocycles. The monoisotopic (exact) mass is 570 g/mol. The van der Waals surface area contributed by atoms with E-state index in [-0.39, 0.29) is 29.7 Å². The lowest BCUT2D eigenvalue weighted by atomic mass is 10.0. The number of aromatic nitrogens is 2. The molecule has 1 unspecified atom stereocenters. The molecule has 0 radical (unpaired) electrons. The van der Waals surface area contributed by atoms with Gasteiger partial charge < -0.3 is 39.7 Å². The van der Waals surface area contributed by atoms with E-state index in [0.717, 1.165) is 16.5 Å². The number of oxazole rings is 1. The fourth-order valence-electron chi connectivity index (χ4n) is 4.08. The second-order valence-electron chi connectivity index (χ2n) is 9.38. The number of thioether (sulfide) groups is 1. The number of nitrogens with one attached hydrogen (secondary N) is 1. The topological polar surface area (TPSA) is 217 Å². The molecule has 2 aliphatic heterocycles. The maximum atomic E-state index is 13.1. The average molecular weight is 571 g/mol. The van der Waals surface area contributed by atoms with Gasteiger partial charge in [-0.3, -0.25) is 14.5 Å². The molecule has 16 heteroatoms. The third kappa shape index (κ3) is 4.84. The van der Waals surface area contributed by atoms with E-state index in [2.05, 4.69) is 15.5 Å². The minimum Gasteiger partial charge on any atom is -0.543 e. The Hall–Kier alpha value is -4.86. The van der Waals surface area contributed by atoms with Gasteiger partial charge in [0.2, 0.25) is 5.60 Å². The molecule has 0 saturated carbocycles. The molecule has 0 spiro atoms. The number of carbonyl (C=O) groups excluding carboxylic acids is 3. The van der Waals surface area contributed by atoms with Gasteiger partial charge in [-0.25, -0.2) is 9.36 Å². The summed E-state index contributed by atoms with van der Waals surface area (Å²) < 4.78 is 12.0. The molecule has 0 bridgehead atoms. The van der Waals surface area contributed by atoms with Crippen LogP contribution in [-0.4, -0.2) is 67.2 Å². The molecular weight excluding hydrogens is 548 g/mol. The number of carboxylic acids is 2. The number of furan rings is 1. The molecule has 5 rings (SSSR count). The second-order valence-corrected chi connectivity index (χ2v) is 10.5. The molecule has 40 heavy (non-hydrogen) atoms. The Balaban J connectivity index is 1.36. The number of pyridine rings is 1. The first-order valence-electron chi connectivity index (χ1n) is 11.7. The number of nitrogens with zero attached hydrogens (tertiary/aromatic N) is 4. The van der Waals surface area contributed by atoms with Crippen molar-refractivity contribution >= 4 is 58.2 Å². The van der Waals surface area contributed by atoms with E-state index < -0.39 is 46.5 Å². The number of carboxylic acid groups (broad SMARTS) is 2. The van der Waals surface area contributed by atoms with Gasteiger partial charge in [-0.1, -0.05) is 5.16 Å². The summed E-state index contributed by atoms with van der Waals surface area (Å²) in [5.74, 6) is -4.24. The number of nitrogen functional groups attached to an aromatic ring is 1. The van der Waals surface area contributed by atoms with Crippen LogP contribution in [0.5, 0.6) is 0 Å². The molecule has 1 fully saturated rings. The molecule has 208 valence electrons. The van der Waals surface area contributed by atoms with Gasteiger partial charge in [-0.05, 0) is 19.9 Å². The highest BCUT2D eigenvalue weighted by Gasteiger charge is 2.53. The molecule has 2 atom stereocenters. The first-order valence-corrected chi connectivity index (χ1v) is 12.8. The lowest BCUT2D eigenvalue weighted by Gasteiger charge is -2.50. The summed E-state index contributed by atoms with van der Waals surface area (Å²) in [6.07, 6.45) is 6.08. The number of nitrogens with two attached hydrogens (primary N) is 1. The van der Waals surface area contributed by atoms with Gasteiger partial charge in [0.1, 0.15) is 29.0 Å². The van der Waals surface area contributed by atoms with E-state index in [4.69, 9.17) is 19.4 Å². The number of oxime groups is 1. The van der Waals surface area contributed by atoms with Crippen LogP contribution in [0.1, 0.15) is 19.5 Å². The zero-order valence-corrected chi connectivity index (χ0v) is 21.8. The molecule has 0 aliphatic carbocycles. The maximum Gasteiger partial charge on any atom is 0.350 e. The first kappa shape index (κ1) is 26.7. The number of aliphatic carboxylic acids is 2. The van der Waals surface area contributed by atoms with Crippen LogP contribution in [-0.2, 0) is 30.6 Å². The predicted molar refractivity (Wildman–Crippen MR) is 134 cm³/mol. The molecule has 2 aliphatic rings. The summed E-state index contributed by atoms with van der Waals surface area (Å²) in [5.41, 5.74) is 3.90. The van der Waals surface area contributed by atoms with Crippen LogP contribution in [0.4, 0.5) is 6.01 Å². The van der Waals surface area contributed by atoms with Crippen molar-refractivity contribution in [2.45, 2.75) is 37.4 Å². The summed E-state index contributed by atoms with van der Waals surface area (Å²) >= 11 is 1.26. The van der Waals surface area contributed by atoms with Crippen LogP contribution < -0.4 is 20.7 Å². The van der Waals surface area contributed by atoms with Crippen LogP contribution >= 0.6 is 11.8 Å². The number of β-lactam (4-membered cyclic amide) rings is 1. The zero-order chi connectivity index (χ0) is 28.8. The lowest BCUT2D eigenvalue weighted by molar-refractivity contribution is -0.687. The van der Waals surface area contributed by atoms with E-state index in [1.807, 2.05) is 0 Å². The number of anilines is 1. The van der Waals surface area contributed by atoms with Crippen molar-refractivity contribution < 1.29 is 47.6 Å². The van der Waals surface area contributed by atoms with Gasteiger partial charge in [-0.2, -0.15) is 4.98 Å². The molecule has 15 nitrogen and oxygen atoms in total. The quantitative estimate of drug-likeness (QED) is 0.122. The van der Waals surface area contributed by atoms with Crippen molar-refractivity contribution in [2.24, 2.45) is 5.16 Å². The largest absolute Gasteiger partial charge is 0.543 e. The second kappa shape index (κ2) is 10.0. The number of carbonyl (C=O) groups is 4. The van der Waals surface area contributed by atoms with E-state index in [1.54, 1.807) is 35.4 Å². The molecule has 5 heterocycles. The average Bonchev–Trinajstić information content (AvgIpc) is 3.55. The van der Waals surface area contributed by atoms with Crippen molar-refractivity contribution in [1.82, 2.24) is 15.2 Å². The molecule has 1 saturated heterocycles. The molecule has 3 aromatic rings. The summed E-state index contributed by atoms with van der Waals surface area (Å²) in [7, 11) is 0. The highest BCUT2D eigenvalue weighted by Crippen LogP contribution is 2.40. The number of rotatable bonds is 9. The van der Waals surface area contributed by atoms with Gasteiger partial charge in [0.05, 0.1) is 23.3 Å². The van der Waals surface area contributed by atoms with Crippen LogP contribution in [0.2, 0.25) is 0 Å². The Morgan fingerprint density at radius 2 is 2.15 bits per heavy atom. The summed E-state index contributed by atoms with van der Waals surface area (Å²) in [6, 6.07) is 2.11. The highest BCUT2D eigenvalue weighted by atomic mass is 32.2. The third-order valence-electron chi connectivity index (χ3n) is 6.21. The van der Waals surface area contributed by atoms with Crippen molar-refractivity contribution in [3.8, 4) is 0 Å². The predicted octanol–water partition coefficient (Wildman–Crippen LogP) is -1.02. The number of hydrogen-bond acceptors (Lipinski definition) is 12. The first-order chi connectivity index (χ1) is 19.0. The van der Waals surface area contributed by atoms with Crippen LogP contribution in [0.3, 0.4) is 0 Å². The summed E-state index contributed by atoms with van der Waals surface area (Å²) in [4.78, 5) is 59.7. The Morgan fingerprint density at radius 1 is 1.38 bits per heavy atom. The third-order valence-corrected chi connectivity index (χ3v) is 7.55. The van der Waals surface area contributed by atoms with Crippen LogP contribution in [0.15, 0.2) is 62.3 Å². The van der Waals surface area contributed by atoms with E-state index in [1.165, 1.54) is 25.6 Å². The Labute approximate surface area is 229 Å². The van der Waals surface area contributed by atoms with Gasteiger partial charge in [0, 0.05) is 17.4 Å². The molecule has 2 amide bonds. The molecule has 4 N–H and O–H groups in total. The van der Waals surface area contributed by atoms with Crippen molar-refractivity contribution in [3.05, 3.63) is 54.0 Å². The fraction of sp³-hybridized carbons (Fsp3) is 0.292. The van der Waals surface area contributed by atoms with Crippen LogP contribution in [0.25, 0.3) is 11.0 Å². The van der Waals surface area contributed by atoms with Crippen molar-refractivity contribution in [2.75, 3.05) is 11.5 Å². The molecular formula is C24H22N6O9S. The minimum atomic E-state index is -1.80. The SMILES string of the molecule is CC(C)(O/N=C(\C(=O)NC1C(=O)N2C(C(=O)[O-])=C(C[n+]3ccc4occc4c3)CS[C@H]12)c1coc(N)n1)C(=O)O. The van der Waals surface area contributed by atoms with Crippen molar-refractivity contribution in [1.29, 1.82) is 0 Å². The smallest absolute Gasteiger partial charge is 0.350 e. The summed E-state index contributed by atoms with van der Waals surface area (Å²) in [6.45, 7) is 2.62. The van der Waals surface area contributed by atoms with E-state index >= 15 is 0 Å². The summed E-state index contributed by atoms with van der Waals surface area (Å²) in [5, 5.41) is 27.6. The minimum absolute atomic E-state index is 0.166. The highest BCUT2D eigenvalue weighted by molar-refractivity contribution is 8.00. The van der Waals surface area contributed by atoms with Gasteiger partial charge in [0.15, 0.2) is 24.7 Å². The van der Waals surface area contributed by atoms with Gasteiger partial charge in [0.25, 0.3) is 17.8 Å². The Kier molecular flexibility index (Phi) is 6.70. The fourth-order valence-corrected chi connectivity index (χ4v) is 5.41. The number of fused-ring (bicyclic) bond motifs is 2. The normalized spacial score (nSPS) is 19.3. The van der Waals surface area contributed by atoms with E-state index in [9.17, 15) is 29.4 Å². The maximum absolute atomic E-state index is 13.1. The lowest BCUT2D eigenvalue weighted by Crippen LogP contribution is -2.71. The van der Waals surface area contributed by atoms with Crippen LogP contribution in [0, 0.1) is 0 Å². The van der Waals surface area contributed by atoms with E-state index in [0.29, 0.717) is 11.2 Å². The Bertz CT molecular complexity index is 1610. The van der Waals surface area contributed by atoms with Crippen molar-refractivity contribution in [3.63, 3.8) is 0 Å². The standard InChI is InChI=1S/C24H22N6O9S/c1-24(2,22(35)36)39-28-15(13-9-38-23(25)26-13)18(31)27-16-19(32)30-17(21(33)34)12(10-40-20(16)30)8-29-5-3-14-11(7-29)4-6-37-14/h3-7,9,16,20H,8,10H2,1-2H3,(H4-,25,26,27,31,33,34,35,36)/b28-15-/t16?,20-/m1/s1.